The number of hydrazone groups is 1. The quantitative estimate of drug-likeness (QED) is 0.266. The molecule has 0 unspecified atom stereocenters. The van der Waals surface area contributed by atoms with E-state index in [9.17, 15) is 9.59 Å². The van der Waals surface area contributed by atoms with Crippen molar-refractivity contribution in [1.82, 2.24) is 5.43 Å². The first kappa shape index (κ1) is 20.4. The third kappa shape index (κ3) is 5.16. The van der Waals surface area contributed by atoms with Gasteiger partial charge in [-0.2, -0.15) is 5.10 Å². The first-order valence-corrected chi connectivity index (χ1v) is 8.95. The van der Waals surface area contributed by atoms with E-state index in [4.69, 9.17) is 37.1 Å². The number of halogens is 2. The molecule has 0 saturated carbocycles. The van der Waals surface area contributed by atoms with Crippen molar-refractivity contribution in [1.29, 1.82) is 0 Å². The summed E-state index contributed by atoms with van der Waals surface area (Å²) in [5.41, 5.74) is 3.22. The molecule has 3 rings (SSSR count). The van der Waals surface area contributed by atoms with Gasteiger partial charge in [-0.3, -0.25) is 4.79 Å². The van der Waals surface area contributed by atoms with Crippen LogP contribution in [0.5, 0.6) is 11.5 Å². The molecule has 2 aromatic carbocycles. The Morgan fingerprint density at radius 3 is 2.62 bits per heavy atom. The summed E-state index contributed by atoms with van der Waals surface area (Å²) in [7, 11) is 1.44. The van der Waals surface area contributed by atoms with Gasteiger partial charge >= 0.3 is 5.97 Å². The van der Waals surface area contributed by atoms with Gasteiger partial charge in [0.25, 0.3) is 5.91 Å². The van der Waals surface area contributed by atoms with E-state index < -0.39 is 11.9 Å². The minimum atomic E-state index is -0.651. The van der Waals surface area contributed by atoms with E-state index in [-0.39, 0.29) is 22.1 Å². The highest BCUT2D eigenvalue weighted by atomic mass is 35.5. The van der Waals surface area contributed by atoms with Crippen LogP contribution < -0.4 is 14.9 Å². The first-order chi connectivity index (χ1) is 14.0. The van der Waals surface area contributed by atoms with Gasteiger partial charge in [0.05, 0.1) is 30.2 Å². The Balaban J connectivity index is 1.68. The maximum absolute atomic E-state index is 12.1. The van der Waals surface area contributed by atoms with Crippen molar-refractivity contribution < 1.29 is 23.5 Å². The lowest BCUT2D eigenvalue weighted by molar-refractivity contribution is 0.0696. The normalized spacial score (nSPS) is 10.7. The number of carbonyl (C=O) groups is 2. The smallest absolute Gasteiger partial charge is 0.379 e. The summed E-state index contributed by atoms with van der Waals surface area (Å²) in [6.07, 6.45) is 2.78. The number of nitrogens with one attached hydrogen (secondary N) is 1. The van der Waals surface area contributed by atoms with Crippen LogP contribution in [0.1, 0.15) is 26.5 Å². The second kappa shape index (κ2) is 9.27. The molecule has 0 bridgehead atoms. The van der Waals surface area contributed by atoms with E-state index in [0.29, 0.717) is 16.3 Å². The Kier molecular flexibility index (Phi) is 6.54. The predicted octanol–water partition coefficient (Wildman–Crippen LogP) is 4.58. The van der Waals surface area contributed by atoms with Crippen molar-refractivity contribution in [2.24, 2.45) is 5.10 Å². The predicted molar refractivity (Wildman–Crippen MR) is 108 cm³/mol. The summed E-state index contributed by atoms with van der Waals surface area (Å²) in [5.74, 6) is -0.550. The number of carbonyl (C=O) groups excluding carboxylic acids is 2. The first-order valence-electron chi connectivity index (χ1n) is 8.20. The maximum atomic E-state index is 12.1. The Morgan fingerprint density at radius 1 is 1.10 bits per heavy atom. The van der Waals surface area contributed by atoms with Gasteiger partial charge in [0, 0.05) is 5.02 Å². The van der Waals surface area contributed by atoms with Gasteiger partial charge in [0.1, 0.15) is 0 Å². The molecule has 1 aromatic heterocycles. The zero-order valence-electron chi connectivity index (χ0n) is 15.0. The third-order valence-electron chi connectivity index (χ3n) is 3.67. The number of esters is 1. The largest absolute Gasteiger partial charge is 0.493 e. The van der Waals surface area contributed by atoms with Gasteiger partial charge in [0.15, 0.2) is 11.5 Å². The highest BCUT2D eigenvalue weighted by Crippen LogP contribution is 2.28. The molecule has 1 amide bonds. The van der Waals surface area contributed by atoms with Crippen molar-refractivity contribution in [3.63, 3.8) is 0 Å². The van der Waals surface area contributed by atoms with E-state index >= 15 is 0 Å². The number of furan rings is 1. The van der Waals surface area contributed by atoms with Crippen LogP contribution in [0.25, 0.3) is 0 Å². The molecule has 3 aromatic rings. The summed E-state index contributed by atoms with van der Waals surface area (Å²) < 4.78 is 15.5. The second-order valence-corrected chi connectivity index (χ2v) is 6.44. The number of amides is 1. The molecular weight excluding hydrogens is 419 g/mol. The highest BCUT2D eigenvalue weighted by molar-refractivity contribution is 6.36. The van der Waals surface area contributed by atoms with E-state index in [2.05, 4.69) is 10.5 Å². The average molecular weight is 433 g/mol. The molecule has 148 valence electrons. The number of rotatable bonds is 6. The Morgan fingerprint density at radius 2 is 1.93 bits per heavy atom. The molecule has 0 radical (unpaired) electrons. The van der Waals surface area contributed by atoms with E-state index in [1.807, 2.05) is 0 Å². The zero-order valence-corrected chi connectivity index (χ0v) is 16.5. The van der Waals surface area contributed by atoms with Crippen LogP contribution in [-0.2, 0) is 0 Å². The molecule has 0 aliphatic rings. The topological polar surface area (TPSA) is 90.1 Å². The number of nitrogens with zero attached hydrogens (tertiary/aromatic N) is 1. The van der Waals surface area contributed by atoms with Crippen molar-refractivity contribution >= 4 is 41.3 Å². The molecule has 0 atom stereocenters. The molecular formula is C20H14Cl2N2O5. The molecule has 1 N–H and O–H groups in total. The lowest BCUT2D eigenvalue weighted by Gasteiger charge is -2.09. The Hall–Kier alpha value is -3.29. The van der Waals surface area contributed by atoms with Crippen LogP contribution in [0.15, 0.2) is 64.3 Å². The fourth-order valence-electron chi connectivity index (χ4n) is 2.29. The van der Waals surface area contributed by atoms with Crippen LogP contribution in [0.4, 0.5) is 0 Å². The lowest BCUT2D eigenvalue weighted by atomic mass is 10.2. The lowest BCUT2D eigenvalue weighted by Crippen LogP contribution is -2.18. The average Bonchev–Trinajstić information content (AvgIpc) is 3.23. The molecule has 0 saturated heterocycles. The Labute approximate surface area is 175 Å². The molecule has 0 spiro atoms. The highest BCUT2D eigenvalue weighted by Gasteiger charge is 2.15. The minimum absolute atomic E-state index is 0.0706. The zero-order chi connectivity index (χ0) is 20.8. The number of hydrogen-bond acceptors (Lipinski definition) is 6. The van der Waals surface area contributed by atoms with Gasteiger partial charge in [-0.05, 0) is 54.1 Å². The van der Waals surface area contributed by atoms with Crippen molar-refractivity contribution in [2.45, 2.75) is 0 Å². The molecule has 0 aliphatic heterocycles. The summed E-state index contributed by atoms with van der Waals surface area (Å²) in [4.78, 5) is 24.1. The standard InChI is InChI=1S/C20H14Cl2N2O5/c1-27-18-9-12(4-7-16(18)29-20(26)17-3-2-8-28-17)11-23-24-19(25)14-6-5-13(21)10-15(14)22/h2-11H,1H3,(H,24,25)/b23-11+. The van der Waals surface area contributed by atoms with Gasteiger partial charge in [0.2, 0.25) is 5.76 Å². The molecule has 9 heteroatoms. The van der Waals surface area contributed by atoms with Crippen molar-refractivity contribution in [2.75, 3.05) is 7.11 Å². The summed E-state index contributed by atoms with van der Waals surface area (Å²) in [5, 5.41) is 4.54. The number of methoxy groups -OCH3 is 1. The van der Waals surface area contributed by atoms with Crippen LogP contribution in [-0.4, -0.2) is 25.2 Å². The van der Waals surface area contributed by atoms with Gasteiger partial charge in [-0.15, -0.1) is 0 Å². The van der Waals surface area contributed by atoms with Gasteiger partial charge < -0.3 is 13.9 Å². The maximum Gasteiger partial charge on any atom is 0.379 e. The van der Waals surface area contributed by atoms with E-state index in [0.717, 1.165) is 0 Å². The minimum Gasteiger partial charge on any atom is -0.493 e. The fourth-order valence-corrected chi connectivity index (χ4v) is 2.79. The monoisotopic (exact) mass is 432 g/mol. The molecule has 29 heavy (non-hydrogen) atoms. The van der Waals surface area contributed by atoms with Crippen LogP contribution in [0.3, 0.4) is 0 Å². The molecule has 7 nitrogen and oxygen atoms in total. The van der Waals surface area contributed by atoms with Crippen molar-refractivity contribution in [3.05, 3.63) is 81.7 Å². The fraction of sp³-hybridized carbons (Fsp3) is 0.0500. The number of ether oxygens (including phenoxy) is 2. The van der Waals surface area contributed by atoms with Gasteiger partial charge in [-0.25, -0.2) is 10.2 Å². The second-order valence-electron chi connectivity index (χ2n) is 5.60. The third-order valence-corrected chi connectivity index (χ3v) is 4.22. The Bertz CT molecular complexity index is 1060. The van der Waals surface area contributed by atoms with E-state index in [1.165, 1.54) is 37.8 Å². The SMILES string of the molecule is COc1cc(/C=N/NC(=O)c2ccc(Cl)cc2Cl)ccc1OC(=O)c1ccco1. The molecule has 1 heterocycles. The number of hydrogen-bond donors (Lipinski definition) is 1. The van der Waals surface area contributed by atoms with Crippen LogP contribution >= 0.6 is 23.2 Å². The van der Waals surface area contributed by atoms with Gasteiger partial charge in [-0.1, -0.05) is 23.2 Å². The summed E-state index contributed by atoms with van der Waals surface area (Å²) in [6.45, 7) is 0. The number of benzene rings is 2. The molecule has 0 fully saturated rings. The van der Waals surface area contributed by atoms with E-state index in [1.54, 1.807) is 30.3 Å². The van der Waals surface area contributed by atoms with Crippen molar-refractivity contribution in [3.8, 4) is 11.5 Å². The van der Waals surface area contributed by atoms with Crippen LogP contribution in [0, 0.1) is 0 Å². The molecule has 0 aliphatic carbocycles. The summed E-state index contributed by atoms with van der Waals surface area (Å²) >= 11 is 11.8. The van der Waals surface area contributed by atoms with Crippen LogP contribution in [0.2, 0.25) is 10.0 Å². The summed E-state index contributed by atoms with van der Waals surface area (Å²) in [6, 6.07) is 12.4.